The predicted octanol–water partition coefficient (Wildman–Crippen LogP) is 5.00. The van der Waals surface area contributed by atoms with Gasteiger partial charge in [0.25, 0.3) is 5.91 Å². The Hall–Kier alpha value is -4.47. The van der Waals surface area contributed by atoms with Crippen LogP contribution < -0.4 is 9.80 Å². The summed E-state index contributed by atoms with van der Waals surface area (Å²) in [5.41, 5.74) is 5.26. The van der Waals surface area contributed by atoms with Gasteiger partial charge in [-0.1, -0.05) is 18.2 Å². The molecule has 0 spiro atoms. The van der Waals surface area contributed by atoms with Crippen molar-refractivity contribution in [3.8, 4) is 12.1 Å². The van der Waals surface area contributed by atoms with E-state index in [1.165, 1.54) is 0 Å². The van der Waals surface area contributed by atoms with Crippen LogP contribution in [0.25, 0.3) is 0 Å². The van der Waals surface area contributed by atoms with Crippen LogP contribution in [-0.2, 0) is 6.54 Å². The van der Waals surface area contributed by atoms with Crippen molar-refractivity contribution >= 4 is 17.3 Å². The number of anilines is 2. The summed E-state index contributed by atoms with van der Waals surface area (Å²) in [6.45, 7) is 11.1. The molecule has 0 aliphatic carbocycles. The lowest BCUT2D eigenvalue weighted by Crippen LogP contribution is -2.54. The Balaban J connectivity index is 1.26. The summed E-state index contributed by atoms with van der Waals surface area (Å²) in [5.74, 6) is -1.46. The zero-order valence-electron chi connectivity index (χ0n) is 24.2. The third kappa shape index (κ3) is 5.79. The van der Waals surface area contributed by atoms with Crippen LogP contribution in [0.4, 0.5) is 20.2 Å². The molecule has 0 saturated carbocycles. The van der Waals surface area contributed by atoms with Gasteiger partial charge in [-0.2, -0.15) is 10.5 Å². The molecule has 216 valence electrons. The minimum atomic E-state index is -0.753. The molecule has 2 fully saturated rings. The van der Waals surface area contributed by atoms with Crippen molar-refractivity contribution in [2.24, 2.45) is 0 Å². The van der Waals surface area contributed by atoms with Gasteiger partial charge in [0, 0.05) is 70.0 Å². The largest absolute Gasteiger partial charge is 0.368 e. The van der Waals surface area contributed by atoms with Gasteiger partial charge in [0.15, 0.2) is 0 Å². The van der Waals surface area contributed by atoms with Crippen LogP contribution in [0.3, 0.4) is 0 Å². The molecule has 5 rings (SSSR count). The third-order valence-electron chi connectivity index (χ3n) is 8.43. The van der Waals surface area contributed by atoms with E-state index in [4.69, 9.17) is 5.26 Å². The van der Waals surface area contributed by atoms with E-state index >= 15 is 0 Å². The quantitative estimate of drug-likeness (QED) is 0.431. The number of aryl methyl sites for hydroxylation is 2. The van der Waals surface area contributed by atoms with Crippen LogP contribution >= 0.6 is 0 Å². The Morgan fingerprint density at radius 1 is 0.833 bits per heavy atom. The highest BCUT2D eigenvalue weighted by atomic mass is 19.1. The molecule has 0 unspecified atom stereocenters. The van der Waals surface area contributed by atoms with Gasteiger partial charge in [0.05, 0.1) is 22.5 Å². The van der Waals surface area contributed by atoms with Crippen molar-refractivity contribution in [2.75, 3.05) is 55.6 Å². The lowest BCUT2D eigenvalue weighted by molar-refractivity contribution is 0.0673. The van der Waals surface area contributed by atoms with E-state index in [2.05, 4.69) is 28.9 Å². The summed E-state index contributed by atoms with van der Waals surface area (Å²) in [6, 6.07) is 17.5. The van der Waals surface area contributed by atoms with Gasteiger partial charge in [-0.3, -0.25) is 9.69 Å². The fraction of sp³-hybridized carbons (Fsp3) is 0.364. The van der Waals surface area contributed by atoms with Crippen molar-refractivity contribution in [3.63, 3.8) is 0 Å². The van der Waals surface area contributed by atoms with E-state index in [9.17, 15) is 18.8 Å². The Morgan fingerprint density at radius 3 is 2.21 bits per heavy atom. The molecular weight excluding hydrogens is 534 g/mol. The molecule has 0 aromatic heterocycles. The number of hydrogen-bond acceptors (Lipinski definition) is 6. The van der Waals surface area contributed by atoms with Gasteiger partial charge in [-0.05, 0) is 61.7 Å². The summed E-state index contributed by atoms with van der Waals surface area (Å²) >= 11 is 0. The molecule has 0 radical (unpaired) electrons. The fourth-order valence-electron chi connectivity index (χ4n) is 6.03. The second-order valence-electron chi connectivity index (χ2n) is 11.2. The Bertz CT molecular complexity index is 1580. The highest BCUT2D eigenvalue weighted by Crippen LogP contribution is 2.28. The summed E-state index contributed by atoms with van der Waals surface area (Å²) in [4.78, 5) is 22.0. The van der Waals surface area contributed by atoms with E-state index in [1.807, 2.05) is 44.2 Å². The zero-order valence-corrected chi connectivity index (χ0v) is 24.2. The maximum Gasteiger partial charge on any atom is 0.254 e. The molecular formula is C33H34F2N6O. The molecule has 1 amide bonds. The van der Waals surface area contributed by atoms with E-state index < -0.39 is 11.6 Å². The number of nitriles is 2. The van der Waals surface area contributed by atoms with E-state index in [1.54, 1.807) is 15.9 Å². The van der Waals surface area contributed by atoms with Gasteiger partial charge in [-0.25, -0.2) is 8.78 Å². The van der Waals surface area contributed by atoms with Crippen LogP contribution in [0.1, 0.15) is 45.1 Å². The number of carbonyl (C=O) groups excluding carboxylic acids is 1. The summed E-state index contributed by atoms with van der Waals surface area (Å²) in [6.07, 6.45) is 0. The standard InChI is InChI=1S/C33H34F2N6O/c1-22-14-23(2)28(15-27(22)21-38-8-10-39(11-9-38)31-7-5-4-6-25(31)18-36)33(42)41-13-12-40(20-24(41)3)32-17-29(34)26(19-37)16-30(32)35/h4-7,14-17,24H,8-13,20-21H2,1-3H3/t24-/m0/s1. The van der Waals surface area contributed by atoms with Gasteiger partial charge in [0.1, 0.15) is 23.8 Å². The Labute approximate surface area is 245 Å². The number of halogens is 2. The monoisotopic (exact) mass is 568 g/mol. The highest BCUT2D eigenvalue weighted by Gasteiger charge is 2.31. The first-order chi connectivity index (χ1) is 20.2. The Morgan fingerprint density at radius 2 is 1.52 bits per heavy atom. The van der Waals surface area contributed by atoms with E-state index in [0.717, 1.165) is 67.2 Å². The van der Waals surface area contributed by atoms with Crippen LogP contribution in [0.5, 0.6) is 0 Å². The van der Waals surface area contributed by atoms with Gasteiger partial charge in [0.2, 0.25) is 0 Å². The molecule has 0 N–H and O–H groups in total. The van der Waals surface area contributed by atoms with E-state index in [-0.39, 0.29) is 23.2 Å². The summed E-state index contributed by atoms with van der Waals surface area (Å²) in [5, 5.41) is 18.5. The average Bonchev–Trinajstić information content (AvgIpc) is 2.99. The third-order valence-corrected chi connectivity index (χ3v) is 8.43. The van der Waals surface area contributed by atoms with Gasteiger partial charge < -0.3 is 14.7 Å². The molecule has 2 saturated heterocycles. The normalized spacial score (nSPS) is 17.6. The topological polar surface area (TPSA) is 77.6 Å². The van der Waals surface area contributed by atoms with Crippen LogP contribution in [-0.4, -0.2) is 67.6 Å². The van der Waals surface area contributed by atoms with Gasteiger partial charge >= 0.3 is 0 Å². The molecule has 2 aliphatic rings. The van der Waals surface area contributed by atoms with Crippen molar-refractivity contribution in [2.45, 2.75) is 33.4 Å². The first-order valence-corrected chi connectivity index (χ1v) is 14.2. The molecule has 1 atom stereocenters. The number of benzene rings is 3. The first kappa shape index (κ1) is 29.0. The molecule has 2 aliphatic heterocycles. The fourth-order valence-corrected chi connectivity index (χ4v) is 6.03. The van der Waals surface area contributed by atoms with Crippen molar-refractivity contribution < 1.29 is 13.6 Å². The number of nitrogens with zero attached hydrogens (tertiary/aromatic N) is 6. The predicted molar refractivity (Wildman–Crippen MR) is 158 cm³/mol. The smallest absolute Gasteiger partial charge is 0.254 e. The van der Waals surface area contributed by atoms with E-state index in [0.29, 0.717) is 30.8 Å². The van der Waals surface area contributed by atoms with Crippen LogP contribution in [0.2, 0.25) is 0 Å². The minimum absolute atomic E-state index is 0.0645. The lowest BCUT2D eigenvalue weighted by Gasteiger charge is -2.41. The SMILES string of the molecule is Cc1cc(C)c(C(=O)N2CCN(c3cc(F)c(C#N)cc3F)C[C@@H]2C)cc1CN1CCN(c2ccccc2C#N)CC1. The van der Waals surface area contributed by atoms with Crippen LogP contribution in [0.15, 0.2) is 48.5 Å². The zero-order chi connectivity index (χ0) is 30.0. The van der Waals surface area contributed by atoms with Crippen molar-refractivity contribution in [3.05, 3.63) is 93.5 Å². The lowest BCUT2D eigenvalue weighted by atomic mass is 9.97. The molecule has 42 heavy (non-hydrogen) atoms. The maximum absolute atomic E-state index is 14.7. The first-order valence-electron chi connectivity index (χ1n) is 14.2. The van der Waals surface area contributed by atoms with Crippen molar-refractivity contribution in [1.82, 2.24) is 9.80 Å². The van der Waals surface area contributed by atoms with Crippen LogP contribution in [0, 0.1) is 48.1 Å². The molecule has 7 nitrogen and oxygen atoms in total. The molecule has 2 heterocycles. The molecule has 3 aromatic rings. The van der Waals surface area contributed by atoms with Crippen molar-refractivity contribution in [1.29, 1.82) is 10.5 Å². The number of rotatable bonds is 5. The second kappa shape index (κ2) is 12.2. The Kier molecular flexibility index (Phi) is 8.42. The number of amides is 1. The number of para-hydroxylation sites is 1. The molecule has 3 aromatic carbocycles. The van der Waals surface area contributed by atoms with Gasteiger partial charge in [-0.15, -0.1) is 0 Å². The number of carbonyl (C=O) groups is 1. The summed E-state index contributed by atoms with van der Waals surface area (Å²) in [7, 11) is 0. The number of piperazine rings is 2. The average molecular weight is 569 g/mol. The molecule has 0 bridgehead atoms. The summed E-state index contributed by atoms with van der Waals surface area (Å²) < 4.78 is 28.9. The highest BCUT2D eigenvalue weighted by molar-refractivity contribution is 5.96. The molecule has 9 heteroatoms. The minimum Gasteiger partial charge on any atom is -0.368 e. The number of hydrogen-bond donors (Lipinski definition) is 0. The second-order valence-corrected chi connectivity index (χ2v) is 11.2. The maximum atomic E-state index is 14.7.